The number of pyridine rings is 1. The SMILES string of the molecule is CN(CC(C)(C)O)C(=O)Cn1ccc(=O)c2ccccc21. The first kappa shape index (κ1) is 15.3. The van der Waals surface area contributed by atoms with Gasteiger partial charge in [-0.2, -0.15) is 0 Å². The number of amides is 1. The molecule has 1 aromatic carbocycles. The average molecular weight is 288 g/mol. The zero-order valence-corrected chi connectivity index (χ0v) is 12.5. The van der Waals surface area contributed by atoms with Gasteiger partial charge in [0, 0.05) is 31.2 Å². The maximum Gasteiger partial charge on any atom is 0.242 e. The van der Waals surface area contributed by atoms with Gasteiger partial charge >= 0.3 is 0 Å². The lowest BCUT2D eigenvalue weighted by molar-refractivity contribution is -0.133. The van der Waals surface area contributed by atoms with Gasteiger partial charge in [-0.15, -0.1) is 0 Å². The Morgan fingerprint density at radius 2 is 1.95 bits per heavy atom. The first-order valence-corrected chi connectivity index (χ1v) is 6.82. The van der Waals surface area contributed by atoms with Crippen LogP contribution >= 0.6 is 0 Å². The molecule has 2 rings (SSSR count). The predicted molar refractivity (Wildman–Crippen MR) is 82.1 cm³/mol. The number of nitrogens with zero attached hydrogens (tertiary/aromatic N) is 2. The van der Waals surface area contributed by atoms with Crippen LogP contribution in [0.1, 0.15) is 13.8 Å². The fourth-order valence-corrected chi connectivity index (χ4v) is 2.33. The first-order valence-electron chi connectivity index (χ1n) is 6.82. The minimum absolute atomic E-state index is 0.0563. The van der Waals surface area contributed by atoms with E-state index in [1.807, 2.05) is 12.1 Å². The van der Waals surface area contributed by atoms with Crippen LogP contribution in [0.25, 0.3) is 10.9 Å². The van der Waals surface area contributed by atoms with Gasteiger partial charge in [-0.25, -0.2) is 0 Å². The monoisotopic (exact) mass is 288 g/mol. The summed E-state index contributed by atoms with van der Waals surface area (Å²) in [6, 6.07) is 8.67. The van der Waals surface area contributed by atoms with Crippen LogP contribution in [0.3, 0.4) is 0 Å². The largest absolute Gasteiger partial charge is 0.389 e. The van der Waals surface area contributed by atoms with E-state index in [-0.39, 0.29) is 24.4 Å². The zero-order valence-electron chi connectivity index (χ0n) is 12.5. The molecule has 1 heterocycles. The number of hydrogen-bond acceptors (Lipinski definition) is 3. The van der Waals surface area contributed by atoms with Crippen molar-refractivity contribution in [2.45, 2.75) is 26.0 Å². The molecule has 1 amide bonds. The van der Waals surface area contributed by atoms with Crippen molar-refractivity contribution in [3.63, 3.8) is 0 Å². The second kappa shape index (κ2) is 5.69. The third-order valence-corrected chi connectivity index (χ3v) is 3.24. The Kier molecular flexibility index (Phi) is 4.14. The summed E-state index contributed by atoms with van der Waals surface area (Å²) in [5, 5.41) is 10.4. The molecule has 21 heavy (non-hydrogen) atoms. The van der Waals surface area contributed by atoms with E-state index < -0.39 is 5.60 Å². The Morgan fingerprint density at radius 1 is 1.29 bits per heavy atom. The molecule has 0 saturated carbocycles. The molecule has 5 nitrogen and oxygen atoms in total. The van der Waals surface area contributed by atoms with Crippen molar-refractivity contribution in [2.24, 2.45) is 0 Å². The van der Waals surface area contributed by atoms with Crippen molar-refractivity contribution in [1.82, 2.24) is 9.47 Å². The van der Waals surface area contributed by atoms with Crippen LogP contribution in [-0.2, 0) is 11.3 Å². The van der Waals surface area contributed by atoms with Crippen LogP contribution in [-0.4, -0.2) is 39.7 Å². The number of hydrogen-bond donors (Lipinski definition) is 1. The molecular weight excluding hydrogens is 268 g/mol. The van der Waals surface area contributed by atoms with E-state index in [1.54, 1.807) is 43.8 Å². The Hall–Kier alpha value is -2.14. The van der Waals surface area contributed by atoms with Crippen LogP contribution in [0.15, 0.2) is 41.3 Å². The molecule has 2 aromatic rings. The molecule has 0 aliphatic rings. The molecule has 112 valence electrons. The molecule has 0 fully saturated rings. The number of aliphatic hydroxyl groups is 1. The summed E-state index contributed by atoms with van der Waals surface area (Å²) in [4.78, 5) is 25.5. The third kappa shape index (κ3) is 3.70. The van der Waals surface area contributed by atoms with Gasteiger partial charge in [0.05, 0.1) is 11.1 Å². The molecule has 1 aromatic heterocycles. The number of carbonyl (C=O) groups is 1. The smallest absolute Gasteiger partial charge is 0.242 e. The molecule has 0 atom stereocenters. The van der Waals surface area contributed by atoms with Crippen molar-refractivity contribution in [3.8, 4) is 0 Å². The maximum absolute atomic E-state index is 12.2. The van der Waals surface area contributed by atoms with Crippen LogP contribution in [0.2, 0.25) is 0 Å². The Labute approximate surface area is 123 Å². The highest BCUT2D eigenvalue weighted by molar-refractivity contribution is 5.82. The lowest BCUT2D eigenvalue weighted by Gasteiger charge is -2.26. The topological polar surface area (TPSA) is 62.5 Å². The quantitative estimate of drug-likeness (QED) is 0.920. The summed E-state index contributed by atoms with van der Waals surface area (Å²) >= 11 is 0. The standard InChI is InChI=1S/C16H20N2O3/c1-16(2,21)11-17(3)15(20)10-18-9-8-14(19)12-6-4-5-7-13(12)18/h4-9,21H,10-11H2,1-3H3. The maximum atomic E-state index is 12.2. The normalized spacial score (nSPS) is 11.6. The summed E-state index contributed by atoms with van der Waals surface area (Å²) in [7, 11) is 1.66. The number of fused-ring (bicyclic) bond motifs is 1. The highest BCUT2D eigenvalue weighted by Crippen LogP contribution is 2.10. The summed E-state index contributed by atoms with van der Waals surface area (Å²) in [6.45, 7) is 3.70. The lowest BCUT2D eigenvalue weighted by Crippen LogP contribution is -2.41. The minimum Gasteiger partial charge on any atom is -0.389 e. The number of aromatic nitrogens is 1. The average Bonchev–Trinajstić information content (AvgIpc) is 2.40. The summed E-state index contributed by atoms with van der Waals surface area (Å²) in [5.74, 6) is -0.120. The number of likely N-dealkylation sites (N-methyl/N-ethyl adjacent to an activating group) is 1. The minimum atomic E-state index is -0.935. The van der Waals surface area contributed by atoms with E-state index in [0.717, 1.165) is 5.52 Å². The van der Waals surface area contributed by atoms with Crippen LogP contribution in [0.4, 0.5) is 0 Å². The molecule has 5 heteroatoms. The van der Waals surface area contributed by atoms with Gasteiger partial charge in [-0.05, 0) is 26.0 Å². The lowest BCUT2D eigenvalue weighted by atomic mass is 10.1. The Balaban J connectivity index is 2.26. The van der Waals surface area contributed by atoms with E-state index in [2.05, 4.69) is 0 Å². The second-order valence-electron chi connectivity index (χ2n) is 5.89. The van der Waals surface area contributed by atoms with Gasteiger partial charge in [0.15, 0.2) is 5.43 Å². The van der Waals surface area contributed by atoms with Gasteiger partial charge in [0.25, 0.3) is 0 Å². The number of benzene rings is 1. The fraction of sp³-hybridized carbons (Fsp3) is 0.375. The highest BCUT2D eigenvalue weighted by Gasteiger charge is 2.19. The fourth-order valence-electron chi connectivity index (χ4n) is 2.33. The van der Waals surface area contributed by atoms with E-state index in [1.165, 1.54) is 11.0 Å². The summed E-state index contributed by atoms with van der Waals surface area (Å²) in [5.41, 5.74) is -0.259. The summed E-state index contributed by atoms with van der Waals surface area (Å²) in [6.07, 6.45) is 1.63. The van der Waals surface area contributed by atoms with Gasteiger partial charge in [-0.3, -0.25) is 9.59 Å². The van der Waals surface area contributed by atoms with Gasteiger partial charge in [-0.1, -0.05) is 12.1 Å². The third-order valence-electron chi connectivity index (χ3n) is 3.24. The van der Waals surface area contributed by atoms with Gasteiger partial charge in [0.1, 0.15) is 6.54 Å². The molecular formula is C16H20N2O3. The molecule has 0 radical (unpaired) electrons. The van der Waals surface area contributed by atoms with E-state index >= 15 is 0 Å². The molecule has 0 saturated heterocycles. The van der Waals surface area contributed by atoms with Gasteiger partial charge in [0.2, 0.25) is 5.91 Å². The van der Waals surface area contributed by atoms with Crippen LogP contribution in [0, 0.1) is 0 Å². The molecule has 1 N–H and O–H groups in total. The predicted octanol–water partition coefficient (Wildman–Crippen LogP) is 1.23. The number of carbonyl (C=O) groups excluding carboxylic acids is 1. The van der Waals surface area contributed by atoms with E-state index in [4.69, 9.17) is 0 Å². The van der Waals surface area contributed by atoms with Crippen molar-refractivity contribution < 1.29 is 9.90 Å². The van der Waals surface area contributed by atoms with Crippen LogP contribution in [0.5, 0.6) is 0 Å². The number of rotatable bonds is 4. The van der Waals surface area contributed by atoms with Crippen molar-refractivity contribution in [2.75, 3.05) is 13.6 Å². The molecule has 0 unspecified atom stereocenters. The molecule has 0 aliphatic carbocycles. The van der Waals surface area contributed by atoms with Crippen molar-refractivity contribution in [1.29, 1.82) is 0 Å². The molecule has 0 aliphatic heterocycles. The van der Waals surface area contributed by atoms with Crippen molar-refractivity contribution >= 4 is 16.8 Å². The molecule has 0 bridgehead atoms. The van der Waals surface area contributed by atoms with E-state index in [0.29, 0.717) is 5.39 Å². The summed E-state index contributed by atoms with van der Waals surface area (Å²) < 4.78 is 1.75. The van der Waals surface area contributed by atoms with Gasteiger partial charge < -0.3 is 14.6 Å². The number of para-hydroxylation sites is 1. The zero-order chi connectivity index (χ0) is 15.6. The van der Waals surface area contributed by atoms with Crippen molar-refractivity contribution in [3.05, 3.63) is 46.8 Å². The Morgan fingerprint density at radius 3 is 2.62 bits per heavy atom. The molecule has 0 spiro atoms. The van der Waals surface area contributed by atoms with E-state index in [9.17, 15) is 14.7 Å². The highest BCUT2D eigenvalue weighted by atomic mass is 16.3. The second-order valence-corrected chi connectivity index (χ2v) is 5.89. The Bertz CT molecular complexity index is 713. The van der Waals surface area contributed by atoms with Crippen LogP contribution < -0.4 is 5.43 Å². The first-order chi connectivity index (χ1) is 9.78.